The highest BCUT2D eigenvalue weighted by Crippen LogP contribution is 2.21. The Morgan fingerprint density at radius 1 is 1.26 bits per heavy atom. The highest BCUT2D eigenvalue weighted by atomic mass is 32.2. The minimum Gasteiger partial charge on any atom is -0.478 e. The first kappa shape index (κ1) is 19.4. The fraction of sp³-hybridized carbons (Fsp3) is 0.562. The molecular formula is C16H26N2O4S. The van der Waals surface area contributed by atoms with Gasteiger partial charge in [0.05, 0.1) is 10.5 Å². The van der Waals surface area contributed by atoms with E-state index in [9.17, 15) is 18.3 Å². The number of anilines is 1. The van der Waals surface area contributed by atoms with Gasteiger partial charge in [0.1, 0.15) is 0 Å². The van der Waals surface area contributed by atoms with Crippen LogP contribution in [0.25, 0.3) is 0 Å². The summed E-state index contributed by atoms with van der Waals surface area (Å²) >= 11 is 0. The molecule has 0 fully saturated rings. The van der Waals surface area contributed by atoms with Crippen molar-refractivity contribution in [3.8, 4) is 0 Å². The summed E-state index contributed by atoms with van der Waals surface area (Å²) in [6.07, 6.45) is 1.58. The van der Waals surface area contributed by atoms with Gasteiger partial charge in [-0.25, -0.2) is 17.9 Å². The van der Waals surface area contributed by atoms with E-state index >= 15 is 0 Å². The fourth-order valence-electron chi connectivity index (χ4n) is 2.16. The van der Waals surface area contributed by atoms with Crippen molar-refractivity contribution in [3.05, 3.63) is 23.8 Å². The second kappa shape index (κ2) is 8.31. The first-order valence-corrected chi connectivity index (χ1v) is 9.29. The zero-order chi connectivity index (χ0) is 17.6. The third-order valence-electron chi connectivity index (χ3n) is 3.31. The molecular weight excluding hydrogens is 316 g/mol. The molecule has 0 heterocycles. The van der Waals surface area contributed by atoms with E-state index in [4.69, 9.17) is 0 Å². The van der Waals surface area contributed by atoms with E-state index < -0.39 is 16.0 Å². The summed E-state index contributed by atoms with van der Waals surface area (Å²) in [6, 6.07) is 3.93. The van der Waals surface area contributed by atoms with Gasteiger partial charge in [0, 0.05) is 18.3 Å². The molecule has 0 aromatic heterocycles. The average molecular weight is 342 g/mol. The molecule has 1 atom stereocenters. The lowest BCUT2D eigenvalue weighted by Crippen LogP contribution is -2.32. The van der Waals surface area contributed by atoms with E-state index in [0.717, 1.165) is 12.8 Å². The predicted molar refractivity (Wildman–Crippen MR) is 91.4 cm³/mol. The lowest BCUT2D eigenvalue weighted by atomic mass is 10.1. The number of hydrogen-bond acceptors (Lipinski definition) is 4. The third-order valence-corrected chi connectivity index (χ3v) is 4.90. The first-order chi connectivity index (χ1) is 10.7. The van der Waals surface area contributed by atoms with Crippen LogP contribution in [0.1, 0.15) is 50.9 Å². The van der Waals surface area contributed by atoms with Crippen LogP contribution in [-0.2, 0) is 10.0 Å². The van der Waals surface area contributed by atoms with Gasteiger partial charge in [0.2, 0.25) is 10.0 Å². The maximum atomic E-state index is 12.3. The number of carbonyl (C=O) groups is 1. The van der Waals surface area contributed by atoms with E-state index in [1.165, 1.54) is 18.2 Å². The van der Waals surface area contributed by atoms with E-state index in [0.29, 0.717) is 18.2 Å². The number of carboxylic acids is 1. The highest BCUT2D eigenvalue weighted by Gasteiger charge is 2.20. The Kier molecular flexibility index (Phi) is 7.02. The second-order valence-electron chi connectivity index (χ2n) is 6.10. The normalized spacial score (nSPS) is 13.1. The molecule has 0 spiro atoms. The van der Waals surface area contributed by atoms with E-state index in [1.807, 2.05) is 20.8 Å². The van der Waals surface area contributed by atoms with Crippen LogP contribution in [0.3, 0.4) is 0 Å². The van der Waals surface area contributed by atoms with Crippen molar-refractivity contribution >= 4 is 21.7 Å². The Balaban J connectivity index is 3.09. The van der Waals surface area contributed by atoms with Crippen molar-refractivity contribution in [1.29, 1.82) is 0 Å². The van der Waals surface area contributed by atoms with E-state index in [1.54, 1.807) is 6.92 Å². The average Bonchev–Trinajstić information content (AvgIpc) is 2.44. The smallest absolute Gasteiger partial charge is 0.337 e. The van der Waals surface area contributed by atoms with Gasteiger partial charge < -0.3 is 10.4 Å². The topological polar surface area (TPSA) is 95.5 Å². The quantitative estimate of drug-likeness (QED) is 0.641. The van der Waals surface area contributed by atoms with E-state index in [-0.39, 0.29) is 16.5 Å². The molecule has 1 unspecified atom stereocenters. The molecule has 0 bridgehead atoms. The van der Waals surface area contributed by atoms with Crippen LogP contribution in [0.5, 0.6) is 0 Å². The Morgan fingerprint density at radius 2 is 1.91 bits per heavy atom. The van der Waals surface area contributed by atoms with Gasteiger partial charge in [-0.3, -0.25) is 0 Å². The summed E-state index contributed by atoms with van der Waals surface area (Å²) in [5, 5.41) is 12.4. The number of nitrogens with one attached hydrogen (secondary N) is 2. The lowest BCUT2D eigenvalue weighted by molar-refractivity contribution is 0.0697. The molecule has 0 aliphatic heterocycles. The second-order valence-corrected chi connectivity index (χ2v) is 7.81. The van der Waals surface area contributed by atoms with Crippen molar-refractivity contribution in [2.75, 3.05) is 11.9 Å². The van der Waals surface area contributed by atoms with Gasteiger partial charge >= 0.3 is 5.97 Å². The van der Waals surface area contributed by atoms with Crippen molar-refractivity contribution in [2.24, 2.45) is 5.92 Å². The van der Waals surface area contributed by atoms with Crippen molar-refractivity contribution in [3.63, 3.8) is 0 Å². The van der Waals surface area contributed by atoms with Gasteiger partial charge in [-0.05, 0) is 37.5 Å². The van der Waals surface area contributed by atoms with Crippen LogP contribution < -0.4 is 10.0 Å². The summed E-state index contributed by atoms with van der Waals surface area (Å²) in [6.45, 7) is 8.38. The number of carboxylic acid groups (broad SMARTS) is 1. The lowest BCUT2D eigenvalue weighted by Gasteiger charge is -2.16. The molecule has 0 amide bonds. The highest BCUT2D eigenvalue weighted by molar-refractivity contribution is 7.89. The number of sulfonamides is 1. The van der Waals surface area contributed by atoms with Crippen LogP contribution in [0.2, 0.25) is 0 Å². The number of hydrogen-bond donors (Lipinski definition) is 3. The molecule has 1 aromatic carbocycles. The molecule has 3 N–H and O–H groups in total. The van der Waals surface area contributed by atoms with Crippen LogP contribution in [0.15, 0.2) is 23.1 Å². The molecule has 0 saturated heterocycles. The Morgan fingerprint density at radius 3 is 2.43 bits per heavy atom. The molecule has 130 valence electrons. The number of aromatic carboxylic acids is 1. The van der Waals surface area contributed by atoms with Gasteiger partial charge in [0.25, 0.3) is 0 Å². The summed E-state index contributed by atoms with van der Waals surface area (Å²) in [4.78, 5) is 11.4. The van der Waals surface area contributed by atoms with Crippen LogP contribution >= 0.6 is 0 Å². The first-order valence-electron chi connectivity index (χ1n) is 7.81. The van der Waals surface area contributed by atoms with Gasteiger partial charge in [0.15, 0.2) is 0 Å². The van der Waals surface area contributed by atoms with Crippen molar-refractivity contribution < 1.29 is 18.3 Å². The zero-order valence-corrected chi connectivity index (χ0v) is 14.9. The maximum Gasteiger partial charge on any atom is 0.337 e. The summed E-state index contributed by atoms with van der Waals surface area (Å²) in [5.74, 6) is -0.813. The SMILES string of the molecule is CCCC(C)NS(=O)(=O)c1ccc(NCC(C)C)c(C(=O)O)c1. The molecule has 0 saturated carbocycles. The minimum absolute atomic E-state index is 0.0343. The van der Waals surface area contributed by atoms with Gasteiger partial charge in [-0.1, -0.05) is 27.2 Å². The predicted octanol–water partition coefficient (Wildman–Crippen LogP) is 2.92. The Labute approximate surface area is 138 Å². The monoisotopic (exact) mass is 342 g/mol. The molecule has 0 aliphatic carbocycles. The summed E-state index contributed by atoms with van der Waals surface area (Å²) in [5.41, 5.74) is 0.378. The molecule has 7 heteroatoms. The molecule has 0 radical (unpaired) electrons. The van der Waals surface area contributed by atoms with E-state index in [2.05, 4.69) is 10.0 Å². The van der Waals surface area contributed by atoms with Crippen molar-refractivity contribution in [1.82, 2.24) is 4.72 Å². The Hall–Kier alpha value is -1.60. The zero-order valence-electron chi connectivity index (χ0n) is 14.1. The van der Waals surface area contributed by atoms with Gasteiger partial charge in [-0.15, -0.1) is 0 Å². The number of benzene rings is 1. The van der Waals surface area contributed by atoms with Crippen LogP contribution in [-0.4, -0.2) is 32.1 Å². The van der Waals surface area contributed by atoms with Crippen LogP contribution in [0, 0.1) is 5.92 Å². The molecule has 1 aromatic rings. The molecule has 6 nitrogen and oxygen atoms in total. The van der Waals surface area contributed by atoms with Gasteiger partial charge in [-0.2, -0.15) is 0 Å². The Bertz CT molecular complexity index is 641. The summed E-state index contributed by atoms with van der Waals surface area (Å²) < 4.78 is 27.3. The number of rotatable bonds is 9. The fourth-order valence-corrected chi connectivity index (χ4v) is 3.46. The van der Waals surface area contributed by atoms with Crippen molar-refractivity contribution in [2.45, 2.75) is 51.5 Å². The standard InChI is InChI=1S/C16H26N2O4S/c1-5-6-12(4)18-23(21,22)13-7-8-15(17-10-11(2)3)14(9-13)16(19)20/h7-9,11-12,17-18H,5-6,10H2,1-4H3,(H,19,20). The molecule has 1 rings (SSSR count). The summed E-state index contributed by atoms with van der Waals surface area (Å²) in [7, 11) is -3.73. The minimum atomic E-state index is -3.73. The third kappa shape index (κ3) is 5.84. The maximum absolute atomic E-state index is 12.3. The molecule has 23 heavy (non-hydrogen) atoms. The van der Waals surface area contributed by atoms with Crippen LogP contribution in [0.4, 0.5) is 5.69 Å². The largest absolute Gasteiger partial charge is 0.478 e. The molecule has 0 aliphatic rings.